The molecule has 2 aliphatic heterocycles. The van der Waals surface area contributed by atoms with Crippen LogP contribution in [0.2, 0.25) is 0 Å². The lowest BCUT2D eigenvalue weighted by atomic mass is 9.89. The van der Waals surface area contributed by atoms with E-state index in [1.165, 1.54) is 5.56 Å². The molecule has 2 fully saturated rings. The third kappa shape index (κ3) is 4.14. The van der Waals surface area contributed by atoms with E-state index < -0.39 is 0 Å². The molecule has 1 aromatic rings. The van der Waals surface area contributed by atoms with Crippen molar-refractivity contribution >= 4 is 5.78 Å². The van der Waals surface area contributed by atoms with Gasteiger partial charge in [-0.05, 0) is 37.7 Å². The third-order valence-corrected chi connectivity index (χ3v) is 4.57. The van der Waals surface area contributed by atoms with Crippen LogP contribution in [0.1, 0.15) is 44.1 Å². The van der Waals surface area contributed by atoms with E-state index >= 15 is 0 Å². The number of ketones is 1. The van der Waals surface area contributed by atoms with Crippen LogP contribution >= 0.6 is 0 Å². The van der Waals surface area contributed by atoms with Gasteiger partial charge in [0.15, 0.2) is 0 Å². The van der Waals surface area contributed by atoms with E-state index in [9.17, 15) is 4.79 Å². The number of carbonyl (C=O) groups is 1. The van der Waals surface area contributed by atoms with E-state index in [1.54, 1.807) is 0 Å². The van der Waals surface area contributed by atoms with Crippen molar-refractivity contribution in [3.63, 3.8) is 0 Å². The molecule has 2 saturated heterocycles. The quantitative estimate of drug-likeness (QED) is 0.720. The minimum Gasteiger partial charge on any atom is -0.377 e. The third-order valence-electron chi connectivity index (χ3n) is 4.57. The van der Waals surface area contributed by atoms with Crippen LogP contribution in [0.15, 0.2) is 30.3 Å². The molecular weight excluding hydrogens is 264 g/mol. The Bertz CT molecular complexity index is 445. The number of fused-ring (bicyclic) bond motifs is 2. The van der Waals surface area contributed by atoms with Crippen LogP contribution in [0.5, 0.6) is 0 Å². The molecule has 0 amide bonds. The van der Waals surface area contributed by atoms with Gasteiger partial charge in [0, 0.05) is 18.9 Å². The summed E-state index contributed by atoms with van der Waals surface area (Å²) < 4.78 is 11.4. The molecule has 2 aliphatic rings. The average Bonchev–Trinajstić information content (AvgIpc) is 2.86. The largest absolute Gasteiger partial charge is 0.377 e. The monoisotopic (exact) mass is 288 g/mol. The van der Waals surface area contributed by atoms with Gasteiger partial charge in [0.25, 0.3) is 0 Å². The Morgan fingerprint density at radius 1 is 1.14 bits per heavy atom. The first kappa shape index (κ1) is 14.7. The molecule has 3 rings (SSSR count). The standard InChI is InChI=1S/C18H24O3/c19-18(15-11-16-8-9-17(12-15)21-16)7-4-10-20-13-14-5-2-1-3-6-14/h1-3,5-6,15-17H,4,7-13H2. The second kappa shape index (κ2) is 7.19. The Morgan fingerprint density at radius 3 is 2.57 bits per heavy atom. The number of hydrogen-bond donors (Lipinski definition) is 0. The Labute approximate surface area is 126 Å². The molecule has 2 unspecified atom stereocenters. The molecular formula is C18H24O3. The van der Waals surface area contributed by atoms with Gasteiger partial charge in [-0.25, -0.2) is 0 Å². The molecule has 3 nitrogen and oxygen atoms in total. The highest BCUT2D eigenvalue weighted by Crippen LogP contribution is 2.36. The van der Waals surface area contributed by atoms with Crippen molar-refractivity contribution in [1.82, 2.24) is 0 Å². The van der Waals surface area contributed by atoms with Crippen LogP contribution in [0, 0.1) is 5.92 Å². The number of ether oxygens (including phenoxy) is 2. The summed E-state index contributed by atoms with van der Waals surface area (Å²) in [5, 5.41) is 0. The summed E-state index contributed by atoms with van der Waals surface area (Å²) in [5.74, 6) is 0.656. The molecule has 0 aromatic heterocycles. The number of carbonyl (C=O) groups excluding carboxylic acids is 1. The zero-order chi connectivity index (χ0) is 14.5. The molecule has 2 bridgehead atoms. The Kier molecular flexibility index (Phi) is 5.04. The van der Waals surface area contributed by atoms with Crippen molar-refractivity contribution in [1.29, 1.82) is 0 Å². The molecule has 1 aromatic carbocycles. The fourth-order valence-electron chi connectivity index (χ4n) is 3.44. The van der Waals surface area contributed by atoms with E-state index in [-0.39, 0.29) is 5.92 Å². The fourth-order valence-corrected chi connectivity index (χ4v) is 3.44. The first-order valence-electron chi connectivity index (χ1n) is 8.11. The molecule has 0 spiro atoms. The van der Waals surface area contributed by atoms with Crippen LogP contribution in [0.25, 0.3) is 0 Å². The number of Topliss-reactive ketones (excluding diaryl/α,β-unsaturated/α-hetero) is 1. The van der Waals surface area contributed by atoms with Crippen LogP contribution in [0.3, 0.4) is 0 Å². The van der Waals surface area contributed by atoms with Gasteiger partial charge in [-0.15, -0.1) is 0 Å². The molecule has 0 radical (unpaired) electrons. The maximum atomic E-state index is 12.2. The summed E-state index contributed by atoms with van der Waals surface area (Å²) in [5.41, 5.74) is 1.19. The van der Waals surface area contributed by atoms with Gasteiger partial charge < -0.3 is 9.47 Å². The lowest BCUT2D eigenvalue weighted by molar-refractivity contribution is -0.129. The van der Waals surface area contributed by atoms with Gasteiger partial charge in [-0.1, -0.05) is 30.3 Å². The molecule has 3 heteroatoms. The molecule has 2 atom stereocenters. The minimum atomic E-state index is 0.241. The molecule has 2 heterocycles. The average molecular weight is 288 g/mol. The van der Waals surface area contributed by atoms with Crippen LogP contribution < -0.4 is 0 Å². The van der Waals surface area contributed by atoms with Gasteiger partial charge >= 0.3 is 0 Å². The summed E-state index contributed by atoms with van der Waals surface area (Å²) >= 11 is 0. The SMILES string of the molecule is O=C(CCCOCc1ccccc1)C1CC2CCC(C1)O2. The van der Waals surface area contributed by atoms with Gasteiger partial charge in [0.05, 0.1) is 18.8 Å². The smallest absolute Gasteiger partial charge is 0.136 e. The summed E-state index contributed by atoms with van der Waals surface area (Å²) in [6, 6.07) is 10.2. The van der Waals surface area contributed by atoms with Crippen LogP contribution in [-0.4, -0.2) is 24.6 Å². The van der Waals surface area contributed by atoms with Crippen molar-refractivity contribution in [2.45, 2.75) is 57.3 Å². The molecule has 0 saturated carbocycles. The molecule has 0 N–H and O–H groups in total. The van der Waals surface area contributed by atoms with Gasteiger partial charge in [-0.2, -0.15) is 0 Å². The number of hydrogen-bond acceptors (Lipinski definition) is 3. The second-order valence-corrected chi connectivity index (χ2v) is 6.23. The van der Waals surface area contributed by atoms with Crippen molar-refractivity contribution in [3.05, 3.63) is 35.9 Å². The normalized spacial score (nSPS) is 27.7. The van der Waals surface area contributed by atoms with Crippen molar-refractivity contribution in [2.75, 3.05) is 6.61 Å². The number of benzene rings is 1. The van der Waals surface area contributed by atoms with Crippen LogP contribution in [0.4, 0.5) is 0 Å². The zero-order valence-electron chi connectivity index (χ0n) is 12.5. The first-order valence-corrected chi connectivity index (χ1v) is 8.11. The second-order valence-electron chi connectivity index (χ2n) is 6.23. The molecule has 21 heavy (non-hydrogen) atoms. The van der Waals surface area contributed by atoms with Crippen molar-refractivity contribution in [2.24, 2.45) is 5.92 Å². The summed E-state index contributed by atoms with van der Waals surface area (Å²) in [7, 11) is 0. The van der Waals surface area contributed by atoms with E-state index in [4.69, 9.17) is 9.47 Å². The predicted molar refractivity (Wildman–Crippen MR) is 81.0 cm³/mol. The van der Waals surface area contributed by atoms with Gasteiger partial charge in [-0.3, -0.25) is 4.79 Å². The maximum absolute atomic E-state index is 12.2. The Balaban J connectivity index is 1.31. The van der Waals surface area contributed by atoms with Gasteiger partial charge in [0.1, 0.15) is 5.78 Å². The van der Waals surface area contributed by atoms with Crippen LogP contribution in [-0.2, 0) is 20.9 Å². The lowest BCUT2D eigenvalue weighted by Crippen LogP contribution is -2.30. The Hall–Kier alpha value is -1.19. The van der Waals surface area contributed by atoms with Gasteiger partial charge in [0.2, 0.25) is 0 Å². The lowest BCUT2D eigenvalue weighted by Gasteiger charge is -2.27. The molecule has 114 valence electrons. The highest BCUT2D eigenvalue weighted by molar-refractivity contribution is 5.81. The highest BCUT2D eigenvalue weighted by atomic mass is 16.5. The number of rotatable bonds is 7. The maximum Gasteiger partial charge on any atom is 0.136 e. The fraction of sp³-hybridized carbons (Fsp3) is 0.611. The van der Waals surface area contributed by atoms with E-state index in [0.717, 1.165) is 32.1 Å². The van der Waals surface area contributed by atoms with Crippen molar-refractivity contribution in [3.8, 4) is 0 Å². The van der Waals surface area contributed by atoms with E-state index in [1.807, 2.05) is 18.2 Å². The summed E-state index contributed by atoms with van der Waals surface area (Å²) in [6.07, 6.45) is 6.38. The first-order chi connectivity index (χ1) is 10.3. The minimum absolute atomic E-state index is 0.241. The topological polar surface area (TPSA) is 35.5 Å². The molecule has 0 aliphatic carbocycles. The summed E-state index contributed by atoms with van der Waals surface area (Å²) in [4.78, 5) is 12.2. The highest BCUT2D eigenvalue weighted by Gasteiger charge is 2.37. The van der Waals surface area contributed by atoms with E-state index in [0.29, 0.717) is 37.6 Å². The Morgan fingerprint density at radius 2 is 1.86 bits per heavy atom. The van der Waals surface area contributed by atoms with E-state index in [2.05, 4.69) is 12.1 Å². The van der Waals surface area contributed by atoms with Crippen molar-refractivity contribution < 1.29 is 14.3 Å². The zero-order valence-corrected chi connectivity index (χ0v) is 12.5. The predicted octanol–water partition coefficient (Wildman–Crippen LogP) is 3.51. The summed E-state index contributed by atoms with van der Waals surface area (Å²) in [6.45, 7) is 1.30.